The molecule has 0 fully saturated rings. The molecule has 0 spiro atoms. The van der Waals surface area contributed by atoms with Gasteiger partial charge in [0, 0.05) is 52.1 Å². The van der Waals surface area contributed by atoms with Gasteiger partial charge in [-0.25, -0.2) is 4.99 Å². The third-order valence-corrected chi connectivity index (χ3v) is 11.0. The molecular weight excluding hydrogens is 711 g/mol. The van der Waals surface area contributed by atoms with Gasteiger partial charge in [0.2, 0.25) is 5.96 Å². The fourth-order valence-electron chi connectivity index (χ4n) is 8.18. The summed E-state index contributed by atoms with van der Waals surface area (Å²) in [7, 11) is 0. The number of benzene rings is 6. The average molecular weight is 750 g/mol. The quantitative estimate of drug-likeness (QED) is 0.0960. The number of nitrogens with two attached hydrogens (primary N) is 2. The van der Waals surface area contributed by atoms with Crippen LogP contribution in [0.25, 0.3) is 61.1 Å². The van der Waals surface area contributed by atoms with Crippen molar-refractivity contribution in [1.82, 2.24) is 14.5 Å². The highest BCUT2D eigenvalue weighted by molar-refractivity contribution is 6.19. The molecule has 0 aliphatic carbocycles. The molecule has 0 saturated heterocycles. The second-order valence-corrected chi connectivity index (χ2v) is 14.5. The largest absolute Gasteiger partial charge is 0.395 e. The number of para-hydroxylation sites is 2. The minimum atomic E-state index is 0.324. The minimum absolute atomic E-state index is 0.324. The third-order valence-electron chi connectivity index (χ3n) is 11.0. The molecule has 278 valence electrons. The van der Waals surface area contributed by atoms with Crippen LogP contribution in [-0.4, -0.2) is 20.5 Å². The first-order chi connectivity index (χ1) is 28.6. The van der Waals surface area contributed by atoms with Crippen molar-refractivity contribution >= 4 is 50.5 Å². The lowest BCUT2D eigenvalue weighted by Gasteiger charge is -2.34. The summed E-state index contributed by atoms with van der Waals surface area (Å²) >= 11 is 0. The summed E-state index contributed by atoms with van der Waals surface area (Å²) in [5.41, 5.74) is 29.4. The van der Waals surface area contributed by atoms with Crippen LogP contribution in [0.4, 0.5) is 17.1 Å². The number of nitrogen functional groups attached to an aromatic ring is 1. The molecule has 0 radical (unpaired) electrons. The van der Waals surface area contributed by atoms with Gasteiger partial charge < -0.3 is 16.4 Å². The van der Waals surface area contributed by atoms with E-state index in [-0.39, 0.29) is 0 Å². The zero-order valence-electron chi connectivity index (χ0n) is 31.7. The summed E-state index contributed by atoms with van der Waals surface area (Å²) in [4.78, 5) is 16.6. The van der Waals surface area contributed by atoms with Crippen LogP contribution in [-0.2, 0) is 13.0 Å². The molecule has 7 nitrogen and oxygen atoms in total. The summed E-state index contributed by atoms with van der Waals surface area (Å²) in [6, 6.07) is 58.4. The number of rotatable bonds is 7. The standard InChI is InChI=1S/C51H39N7/c52-49-48(57-33-38-11-1-2-12-39(38)40-13-3-5-17-46(40)57)30-28-42-41-14-4-6-18-47(41)58(50(42)49)51(53)56-45(37-26-24-36(25-27-37)44-16-8-10-32-55-44)29-21-34-19-22-35(23-20-34)43-15-7-9-31-54-43/h1-20,22-32H,21,33,52H2,(H2,53,56)/b45-29-. The Morgan fingerprint density at radius 2 is 1.24 bits per heavy atom. The van der Waals surface area contributed by atoms with Gasteiger partial charge in [-0.3, -0.25) is 14.5 Å². The molecule has 9 aromatic rings. The van der Waals surface area contributed by atoms with Crippen LogP contribution in [0.1, 0.15) is 16.7 Å². The Morgan fingerprint density at radius 3 is 1.97 bits per heavy atom. The maximum Gasteiger partial charge on any atom is 0.205 e. The third kappa shape index (κ3) is 6.25. The number of hydrogen-bond acceptors (Lipinski definition) is 5. The predicted octanol–water partition coefficient (Wildman–Crippen LogP) is 11.3. The van der Waals surface area contributed by atoms with Gasteiger partial charge >= 0.3 is 0 Å². The Kier molecular flexibility index (Phi) is 8.80. The number of nitrogens with zero attached hydrogens (tertiary/aromatic N) is 5. The van der Waals surface area contributed by atoms with E-state index in [0.717, 1.165) is 72.5 Å². The molecule has 4 heterocycles. The van der Waals surface area contributed by atoms with Crippen LogP contribution < -0.4 is 16.4 Å². The van der Waals surface area contributed by atoms with Gasteiger partial charge in [-0.2, -0.15) is 0 Å². The number of fused-ring (bicyclic) bond motifs is 6. The van der Waals surface area contributed by atoms with Crippen molar-refractivity contribution in [3.63, 3.8) is 0 Å². The number of aromatic nitrogens is 3. The molecule has 0 bridgehead atoms. The van der Waals surface area contributed by atoms with E-state index in [1.54, 1.807) is 0 Å². The first kappa shape index (κ1) is 34.7. The van der Waals surface area contributed by atoms with Gasteiger partial charge in [0.15, 0.2) is 0 Å². The van der Waals surface area contributed by atoms with Gasteiger partial charge in [0.1, 0.15) is 0 Å². The Bertz CT molecular complexity index is 3000. The first-order valence-corrected chi connectivity index (χ1v) is 19.4. The predicted molar refractivity (Wildman–Crippen MR) is 240 cm³/mol. The van der Waals surface area contributed by atoms with Crippen LogP contribution in [0.3, 0.4) is 0 Å². The van der Waals surface area contributed by atoms with E-state index in [9.17, 15) is 0 Å². The number of hydrogen-bond donors (Lipinski definition) is 2. The van der Waals surface area contributed by atoms with E-state index in [1.165, 1.54) is 16.7 Å². The molecule has 6 aromatic carbocycles. The van der Waals surface area contributed by atoms with Gasteiger partial charge in [-0.15, -0.1) is 0 Å². The fraction of sp³-hybridized carbons (Fsp3) is 0.0392. The van der Waals surface area contributed by atoms with E-state index in [4.69, 9.17) is 16.5 Å². The normalized spacial score (nSPS) is 12.8. The summed E-state index contributed by atoms with van der Waals surface area (Å²) in [6.45, 7) is 0.691. The number of allylic oxidation sites excluding steroid dienone is 1. The Hall–Kier alpha value is -7.77. The minimum Gasteiger partial charge on any atom is -0.395 e. The second kappa shape index (κ2) is 14.7. The highest BCUT2D eigenvalue weighted by Gasteiger charge is 2.26. The molecule has 58 heavy (non-hydrogen) atoms. The first-order valence-electron chi connectivity index (χ1n) is 19.4. The van der Waals surface area contributed by atoms with E-state index >= 15 is 0 Å². The van der Waals surface area contributed by atoms with E-state index in [1.807, 2.05) is 59.4 Å². The molecule has 10 rings (SSSR count). The Labute approximate surface area is 336 Å². The smallest absolute Gasteiger partial charge is 0.205 e. The van der Waals surface area contributed by atoms with Crippen molar-refractivity contribution in [2.75, 3.05) is 10.6 Å². The lowest BCUT2D eigenvalue weighted by Crippen LogP contribution is -2.24. The van der Waals surface area contributed by atoms with Crippen molar-refractivity contribution in [3.05, 3.63) is 205 Å². The van der Waals surface area contributed by atoms with Crippen molar-refractivity contribution in [2.45, 2.75) is 13.0 Å². The molecule has 4 N–H and O–H groups in total. The summed E-state index contributed by atoms with van der Waals surface area (Å²) in [5, 5.41) is 2.07. The topological polar surface area (TPSA) is 98.3 Å². The van der Waals surface area contributed by atoms with Crippen LogP contribution in [0.5, 0.6) is 0 Å². The van der Waals surface area contributed by atoms with E-state index in [2.05, 4.69) is 148 Å². The second-order valence-electron chi connectivity index (χ2n) is 14.5. The maximum atomic E-state index is 7.33. The lowest BCUT2D eigenvalue weighted by molar-refractivity contribution is 0.963. The summed E-state index contributed by atoms with van der Waals surface area (Å²) in [6.07, 6.45) is 6.41. The van der Waals surface area contributed by atoms with Crippen LogP contribution in [0.15, 0.2) is 193 Å². The molecule has 1 aliphatic rings. The molecule has 3 aromatic heterocycles. The molecule has 0 atom stereocenters. The van der Waals surface area contributed by atoms with Crippen molar-refractivity contribution in [2.24, 2.45) is 10.7 Å². The fourth-order valence-corrected chi connectivity index (χ4v) is 8.18. The van der Waals surface area contributed by atoms with Crippen molar-refractivity contribution in [1.29, 1.82) is 0 Å². The average Bonchev–Trinajstić information content (AvgIpc) is 3.64. The van der Waals surface area contributed by atoms with Gasteiger partial charge in [-0.1, -0.05) is 127 Å². The maximum absolute atomic E-state index is 7.33. The van der Waals surface area contributed by atoms with Crippen LogP contribution >= 0.6 is 0 Å². The summed E-state index contributed by atoms with van der Waals surface area (Å²) in [5.74, 6) is 0.324. The highest BCUT2D eigenvalue weighted by Crippen LogP contribution is 2.46. The zero-order valence-corrected chi connectivity index (χ0v) is 31.7. The Balaban J connectivity index is 1.09. The van der Waals surface area contributed by atoms with Gasteiger partial charge in [0.05, 0.1) is 39.5 Å². The number of pyridine rings is 2. The monoisotopic (exact) mass is 749 g/mol. The van der Waals surface area contributed by atoms with Crippen molar-refractivity contribution < 1.29 is 0 Å². The van der Waals surface area contributed by atoms with Gasteiger partial charge in [-0.05, 0) is 77.2 Å². The van der Waals surface area contributed by atoms with Gasteiger partial charge in [0.25, 0.3) is 0 Å². The van der Waals surface area contributed by atoms with Crippen molar-refractivity contribution in [3.8, 4) is 33.6 Å². The van der Waals surface area contributed by atoms with E-state index < -0.39 is 0 Å². The molecule has 0 amide bonds. The number of anilines is 3. The molecule has 7 heteroatoms. The molecule has 1 aliphatic heterocycles. The molecule has 0 unspecified atom stereocenters. The number of aliphatic imine (C=N–C) groups is 1. The molecular formula is C51H39N7. The zero-order chi connectivity index (χ0) is 39.0. The van der Waals surface area contributed by atoms with E-state index in [0.29, 0.717) is 24.6 Å². The highest BCUT2D eigenvalue weighted by atomic mass is 15.2. The van der Waals surface area contributed by atoms with Crippen LogP contribution in [0.2, 0.25) is 0 Å². The van der Waals surface area contributed by atoms with Crippen LogP contribution in [0, 0.1) is 0 Å². The summed E-state index contributed by atoms with van der Waals surface area (Å²) < 4.78 is 2.02. The molecule has 0 saturated carbocycles. The Morgan fingerprint density at radius 1 is 0.603 bits per heavy atom. The lowest BCUT2D eigenvalue weighted by atomic mass is 9.93. The SMILES string of the molecule is NC(=N/C(=C\Cc1ccc(-c2ccccn2)cc1)c1ccc(-c2ccccn2)cc1)n1c2ccccc2c2ccc(N3Cc4ccccc4-c4ccccc43)c(N)c21.